The zero-order valence-corrected chi connectivity index (χ0v) is 22.0. The van der Waals surface area contributed by atoms with E-state index in [1.54, 1.807) is 12.1 Å². The SMILES string of the molecule is COc1ccc(C(=O)c2c3ccc([N+](=O)[O-])cc3[n+]([O-])n2CC(=O)N[C@H](C)C(=O)NCc2ccc(C)cc2)cc1. The highest BCUT2D eigenvalue weighted by Gasteiger charge is 2.30. The largest absolute Gasteiger partial charge is 0.595 e. The van der Waals surface area contributed by atoms with Gasteiger partial charge in [0.05, 0.1) is 23.5 Å². The minimum atomic E-state index is -0.940. The number of nitrogens with zero attached hydrogens (tertiary/aromatic N) is 3. The van der Waals surface area contributed by atoms with Crippen molar-refractivity contribution in [3.63, 3.8) is 0 Å². The smallest absolute Gasteiger partial charge is 0.276 e. The van der Waals surface area contributed by atoms with E-state index < -0.39 is 35.1 Å². The van der Waals surface area contributed by atoms with Crippen LogP contribution in [-0.2, 0) is 22.7 Å². The lowest BCUT2D eigenvalue weighted by molar-refractivity contribution is -0.669. The molecule has 2 N–H and O–H groups in total. The van der Waals surface area contributed by atoms with Gasteiger partial charge in [-0.05, 0) is 49.7 Å². The van der Waals surface area contributed by atoms with Gasteiger partial charge in [0, 0.05) is 18.2 Å². The third kappa shape index (κ3) is 5.90. The maximum absolute atomic E-state index is 13.5. The van der Waals surface area contributed by atoms with E-state index in [1.807, 2.05) is 31.2 Å². The maximum atomic E-state index is 13.5. The molecule has 40 heavy (non-hydrogen) atoms. The van der Waals surface area contributed by atoms with E-state index in [0.29, 0.717) is 5.75 Å². The van der Waals surface area contributed by atoms with Gasteiger partial charge in [-0.15, -0.1) is 4.68 Å². The molecule has 0 aliphatic carbocycles. The van der Waals surface area contributed by atoms with Crippen LogP contribution in [0.3, 0.4) is 0 Å². The van der Waals surface area contributed by atoms with Crippen LogP contribution in [0.25, 0.3) is 10.9 Å². The number of nitro groups is 1. The minimum absolute atomic E-state index is 0.128. The number of carbonyl (C=O) groups excluding carboxylic acids is 3. The molecule has 4 rings (SSSR count). The summed E-state index contributed by atoms with van der Waals surface area (Å²) in [6, 6.07) is 16.3. The highest BCUT2D eigenvalue weighted by atomic mass is 16.6. The van der Waals surface area contributed by atoms with Gasteiger partial charge in [-0.25, -0.2) is 0 Å². The predicted molar refractivity (Wildman–Crippen MR) is 145 cm³/mol. The van der Waals surface area contributed by atoms with Crippen molar-refractivity contribution in [2.45, 2.75) is 33.0 Å². The summed E-state index contributed by atoms with van der Waals surface area (Å²) < 4.78 is 6.02. The van der Waals surface area contributed by atoms with E-state index in [4.69, 9.17) is 4.74 Å². The molecule has 4 aromatic rings. The van der Waals surface area contributed by atoms with Gasteiger partial charge >= 0.3 is 0 Å². The molecular formula is C28H27N5O7. The van der Waals surface area contributed by atoms with Crippen molar-refractivity contribution in [2.75, 3.05) is 7.11 Å². The number of hydrogen-bond donors (Lipinski definition) is 2. The lowest BCUT2D eigenvalue weighted by atomic mass is 10.0. The van der Waals surface area contributed by atoms with Gasteiger partial charge in [-0.3, -0.25) is 24.5 Å². The summed E-state index contributed by atoms with van der Waals surface area (Å²) in [6.07, 6.45) is 0. The molecule has 1 heterocycles. The summed E-state index contributed by atoms with van der Waals surface area (Å²) in [5.41, 5.74) is 1.56. The molecule has 1 aromatic heterocycles. The molecule has 0 spiro atoms. The van der Waals surface area contributed by atoms with Gasteiger partial charge in [0.1, 0.15) is 11.8 Å². The minimum Gasteiger partial charge on any atom is -0.595 e. The first-order valence-corrected chi connectivity index (χ1v) is 12.3. The van der Waals surface area contributed by atoms with E-state index in [0.717, 1.165) is 21.9 Å². The third-order valence-corrected chi connectivity index (χ3v) is 6.35. The number of amides is 2. The molecule has 0 aliphatic heterocycles. The number of nitrogens with one attached hydrogen (secondary N) is 2. The molecule has 12 heteroatoms. The molecule has 1 atom stereocenters. The lowest BCUT2D eigenvalue weighted by Gasteiger charge is -2.15. The fourth-order valence-electron chi connectivity index (χ4n) is 4.15. The van der Waals surface area contributed by atoms with E-state index >= 15 is 0 Å². The van der Waals surface area contributed by atoms with E-state index in [1.165, 1.54) is 38.3 Å². The van der Waals surface area contributed by atoms with Crippen LogP contribution < -0.4 is 20.2 Å². The van der Waals surface area contributed by atoms with Gasteiger partial charge in [0.15, 0.2) is 12.2 Å². The van der Waals surface area contributed by atoms with Crippen molar-refractivity contribution in [1.29, 1.82) is 0 Å². The number of rotatable bonds is 10. The molecule has 0 bridgehead atoms. The zero-order valence-electron chi connectivity index (χ0n) is 22.0. The quantitative estimate of drug-likeness (QED) is 0.102. The fraction of sp³-hybridized carbons (Fsp3) is 0.214. The number of non-ortho nitro benzene ring substituents is 1. The molecule has 0 unspecified atom stereocenters. The number of fused-ring (bicyclic) bond motifs is 1. The van der Waals surface area contributed by atoms with Crippen LogP contribution >= 0.6 is 0 Å². The van der Waals surface area contributed by atoms with E-state index in [-0.39, 0.29) is 39.2 Å². The van der Waals surface area contributed by atoms with Crippen LogP contribution in [0.4, 0.5) is 5.69 Å². The number of methoxy groups -OCH3 is 1. The van der Waals surface area contributed by atoms with Gasteiger partial charge in [0.25, 0.3) is 11.2 Å². The van der Waals surface area contributed by atoms with E-state index in [9.17, 15) is 29.7 Å². The van der Waals surface area contributed by atoms with Gasteiger partial charge < -0.3 is 20.6 Å². The maximum Gasteiger partial charge on any atom is 0.276 e. The number of benzene rings is 3. The van der Waals surface area contributed by atoms with Crippen molar-refractivity contribution >= 4 is 34.2 Å². The Kier molecular flexibility index (Phi) is 8.08. The molecule has 12 nitrogen and oxygen atoms in total. The number of carbonyl (C=O) groups is 3. The number of aryl methyl sites for hydroxylation is 1. The normalized spacial score (nSPS) is 11.6. The first-order valence-electron chi connectivity index (χ1n) is 12.3. The number of nitro benzene ring substituents is 1. The highest BCUT2D eigenvalue weighted by molar-refractivity contribution is 6.14. The first kappa shape index (κ1) is 27.8. The Bertz CT molecular complexity index is 1590. The van der Waals surface area contributed by atoms with Crippen molar-refractivity contribution in [3.8, 4) is 5.75 Å². The number of ketones is 1. The van der Waals surface area contributed by atoms with Crippen molar-refractivity contribution in [1.82, 2.24) is 15.3 Å². The Morgan fingerprint density at radius 3 is 2.35 bits per heavy atom. The standard InChI is InChI=1S/C28H27N5O7/c1-17-4-6-19(7-5-17)15-29-28(36)18(2)30-25(34)16-31-26(27(35)20-8-11-22(40-3)12-9-20)23-13-10-21(33(38)39)14-24(23)32(31)37/h4-14,18H,15-16H2,1-3H3,(H,29,36)(H,30,34)/t18-/m1/s1. The topological polar surface area (TPSA) is 160 Å². The number of ether oxygens (including phenoxy) is 1. The predicted octanol–water partition coefficient (Wildman–Crippen LogP) is 2.55. The summed E-state index contributed by atoms with van der Waals surface area (Å²) >= 11 is 0. The molecule has 3 aromatic carbocycles. The Morgan fingerprint density at radius 1 is 1.05 bits per heavy atom. The summed E-state index contributed by atoms with van der Waals surface area (Å²) in [6.45, 7) is 3.10. The average Bonchev–Trinajstić information content (AvgIpc) is 3.22. The third-order valence-electron chi connectivity index (χ3n) is 6.35. The molecule has 0 aliphatic rings. The Morgan fingerprint density at radius 2 is 1.73 bits per heavy atom. The Balaban J connectivity index is 1.58. The van der Waals surface area contributed by atoms with Gasteiger partial charge in [-0.1, -0.05) is 34.7 Å². The molecular weight excluding hydrogens is 518 g/mol. The average molecular weight is 546 g/mol. The van der Waals surface area contributed by atoms with Crippen LogP contribution in [-0.4, -0.2) is 40.4 Å². The van der Waals surface area contributed by atoms with Gasteiger partial charge in [-0.2, -0.15) is 0 Å². The second kappa shape index (κ2) is 11.6. The summed E-state index contributed by atoms with van der Waals surface area (Å²) in [5, 5.41) is 29.9. The van der Waals surface area contributed by atoms with Crippen LogP contribution in [0.2, 0.25) is 0 Å². The molecule has 0 saturated heterocycles. The monoisotopic (exact) mass is 545 g/mol. The van der Waals surface area contributed by atoms with Gasteiger partial charge in [0.2, 0.25) is 17.6 Å². The molecule has 0 radical (unpaired) electrons. The lowest BCUT2D eigenvalue weighted by Crippen LogP contribution is -2.48. The van der Waals surface area contributed by atoms with Crippen LogP contribution in [0.15, 0.2) is 66.7 Å². The molecule has 206 valence electrons. The Hall–Kier alpha value is -5.26. The highest BCUT2D eigenvalue weighted by Crippen LogP contribution is 2.25. The fourth-order valence-corrected chi connectivity index (χ4v) is 4.15. The van der Waals surface area contributed by atoms with E-state index in [2.05, 4.69) is 10.6 Å². The summed E-state index contributed by atoms with van der Waals surface area (Å²) in [4.78, 5) is 49.9. The summed E-state index contributed by atoms with van der Waals surface area (Å²) in [5.74, 6) is -1.21. The first-order chi connectivity index (χ1) is 19.1. The zero-order chi connectivity index (χ0) is 29.0. The second-order valence-corrected chi connectivity index (χ2v) is 9.19. The van der Waals surface area contributed by atoms with Crippen LogP contribution in [0.5, 0.6) is 5.75 Å². The molecule has 2 amide bonds. The number of aromatic nitrogens is 2. The summed E-state index contributed by atoms with van der Waals surface area (Å²) in [7, 11) is 1.48. The Labute approximate surface area is 228 Å². The molecule has 0 fully saturated rings. The van der Waals surface area contributed by atoms with Crippen LogP contribution in [0.1, 0.15) is 34.1 Å². The number of hydrogen-bond acceptors (Lipinski definition) is 7. The van der Waals surface area contributed by atoms with Crippen molar-refractivity contribution in [2.24, 2.45) is 0 Å². The molecule has 0 saturated carbocycles. The van der Waals surface area contributed by atoms with Crippen molar-refractivity contribution < 1.29 is 28.9 Å². The second-order valence-electron chi connectivity index (χ2n) is 9.19. The van der Waals surface area contributed by atoms with Crippen LogP contribution in [0, 0.1) is 22.2 Å². The van der Waals surface area contributed by atoms with Crippen molar-refractivity contribution in [3.05, 3.63) is 104 Å².